The maximum Gasteiger partial charge on any atom is 0.0678 e. The summed E-state index contributed by atoms with van der Waals surface area (Å²) in [5.74, 6) is 0. The SMILES string of the molecule is C[C@@H]1CN(C[C@@H](C)O)C[C@H](C)O1. The van der Waals surface area contributed by atoms with E-state index in [2.05, 4.69) is 18.7 Å². The normalized spacial score (nSPS) is 35.0. The predicted molar refractivity (Wildman–Crippen MR) is 48.1 cm³/mol. The van der Waals surface area contributed by atoms with Crippen LogP contribution in [0.2, 0.25) is 0 Å². The van der Waals surface area contributed by atoms with Gasteiger partial charge < -0.3 is 9.84 Å². The fraction of sp³-hybridized carbons (Fsp3) is 1.00. The van der Waals surface area contributed by atoms with Crippen molar-refractivity contribution < 1.29 is 9.84 Å². The van der Waals surface area contributed by atoms with E-state index in [1.54, 1.807) is 0 Å². The molecule has 1 rings (SSSR count). The largest absolute Gasteiger partial charge is 0.392 e. The van der Waals surface area contributed by atoms with Crippen LogP contribution in [0.4, 0.5) is 0 Å². The summed E-state index contributed by atoms with van der Waals surface area (Å²) in [5, 5.41) is 9.19. The molecule has 72 valence electrons. The lowest BCUT2D eigenvalue weighted by Gasteiger charge is -2.35. The molecule has 0 bridgehead atoms. The Morgan fingerprint density at radius 1 is 1.42 bits per heavy atom. The second-order valence-corrected chi connectivity index (χ2v) is 3.82. The standard InChI is InChI=1S/C9H19NO2/c1-7(11)4-10-5-8(2)12-9(3)6-10/h7-9,11H,4-6H2,1-3H3/t7-,8-,9+/m1/s1. The van der Waals surface area contributed by atoms with Crippen LogP contribution in [0.15, 0.2) is 0 Å². The Morgan fingerprint density at radius 2 is 1.92 bits per heavy atom. The lowest BCUT2D eigenvalue weighted by atomic mass is 10.2. The fourth-order valence-electron chi connectivity index (χ4n) is 1.81. The Kier molecular flexibility index (Phi) is 3.50. The average molecular weight is 173 g/mol. The summed E-state index contributed by atoms with van der Waals surface area (Å²) in [6.45, 7) is 8.61. The van der Waals surface area contributed by atoms with E-state index in [1.807, 2.05) is 6.92 Å². The van der Waals surface area contributed by atoms with Gasteiger partial charge in [0.15, 0.2) is 0 Å². The van der Waals surface area contributed by atoms with Crippen molar-refractivity contribution in [2.75, 3.05) is 19.6 Å². The maximum absolute atomic E-state index is 9.19. The molecule has 0 saturated carbocycles. The first-order valence-corrected chi connectivity index (χ1v) is 4.64. The molecule has 0 aromatic heterocycles. The second kappa shape index (κ2) is 4.21. The summed E-state index contributed by atoms with van der Waals surface area (Å²) in [5.41, 5.74) is 0. The smallest absolute Gasteiger partial charge is 0.0678 e. The van der Waals surface area contributed by atoms with E-state index >= 15 is 0 Å². The first-order chi connectivity index (χ1) is 5.58. The highest BCUT2D eigenvalue weighted by Gasteiger charge is 2.22. The molecule has 0 aromatic rings. The van der Waals surface area contributed by atoms with Crippen molar-refractivity contribution in [2.24, 2.45) is 0 Å². The van der Waals surface area contributed by atoms with Crippen molar-refractivity contribution >= 4 is 0 Å². The molecule has 3 nitrogen and oxygen atoms in total. The average Bonchev–Trinajstić information content (AvgIpc) is 1.81. The molecule has 1 aliphatic heterocycles. The van der Waals surface area contributed by atoms with Crippen LogP contribution >= 0.6 is 0 Å². The van der Waals surface area contributed by atoms with E-state index in [1.165, 1.54) is 0 Å². The number of rotatable bonds is 2. The lowest BCUT2D eigenvalue weighted by molar-refractivity contribution is -0.0752. The van der Waals surface area contributed by atoms with Gasteiger partial charge in [0.05, 0.1) is 18.3 Å². The number of hydrogen-bond donors (Lipinski definition) is 1. The molecule has 0 aromatic carbocycles. The summed E-state index contributed by atoms with van der Waals surface area (Å²) >= 11 is 0. The van der Waals surface area contributed by atoms with Crippen LogP contribution in [-0.2, 0) is 4.74 Å². The number of aliphatic hydroxyl groups excluding tert-OH is 1. The Balaban J connectivity index is 2.34. The molecular weight excluding hydrogens is 154 g/mol. The highest BCUT2D eigenvalue weighted by Crippen LogP contribution is 2.10. The molecule has 3 heteroatoms. The molecule has 1 fully saturated rings. The molecule has 1 heterocycles. The Bertz CT molecular complexity index is 126. The first-order valence-electron chi connectivity index (χ1n) is 4.64. The second-order valence-electron chi connectivity index (χ2n) is 3.82. The van der Waals surface area contributed by atoms with Gasteiger partial charge in [-0.05, 0) is 20.8 Å². The summed E-state index contributed by atoms with van der Waals surface area (Å²) in [7, 11) is 0. The van der Waals surface area contributed by atoms with E-state index in [0.717, 1.165) is 19.6 Å². The molecule has 0 spiro atoms. The number of hydrogen-bond acceptors (Lipinski definition) is 3. The monoisotopic (exact) mass is 173 g/mol. The highest BCUT2D eigenvalue weighted by molar-refractivity contribution is 4.73. The van der Waals surface area contributed by atoms with Gasteiger partial charge in [-0.25, -0.2) is 0 Å². The van der Waals surface area contributed by atoms with Gasteiger partial charge in [-0.3, -0.25) is 4.90 Å². The molecule has 0 aliphatic carbocycles. The molecule has 12 heavy (non-hydrogen) atoms. The van der Waals surface area contributed by atoms with Crippen LogP contribution < -0.4 is 0 Å². The zero-order valence-corrected chi connectivity index (χ0v) is 8.16. The third-order valence-electron chi connectivity index (χ3n) is 2.02. The van der Waals surface area contributed by atoms with E-state index in [-0.39, 0.29) is 6.10 Å². The van der Waals surface area contributed by atoms with Gasteiger partial charge in [0.25, 0.3) is 0 Å². The van der Waals surface area contributed by atoms with Crippen LogP contribution in [0.3, 0.4) is 0 Å². The van der Waals surface area contributed by atoms with Gasteiger partial charge in [0.1, 0.15) is 0 Å². The zero-order valence-electron chi connectivity index (χ0n) is 8.16. The summed E-state index contributed by atoms with van der Waals surface area (Å²) < 4.78 is 5.57. The van der Waals surface area contributed by atoms with Gasteiger partial charge in [0, 0.05) is 19.6 Å². The van der Waals surface area contributed by atoms with E-state index < -0.39 is 0 Å². The van der Waals surface area contributed by atoms with E-state index in [9.17, 15) is 5.11 Å². The minimum atomic E-state index is -0.234. The number of aliphatic hydroxyl groups is 1. The Labute approximate surface area is 74.3 Å². The van der Waals surface area contributed by atoms with Gasteiger partial charge in [-0.2, -0.15) is 0 Å². The molecule has 3 atom stereocenters. The number of ether oxygens (including phenoxy) is 1. The van der Waals surface area contributed by atoms with Crippen molar-refractivity contribution in [2.45, 2.75) is 39.1 Å². The summed E-state index contributed by atoms with van der Waals surface area (Å²) in [6.07, 6.45) is 0.363. The lowest BCUT2D eigenvalue weighted by Crippen LogP contribution is -2.47. The van der Waals surface area contributed by atoms with Gasteiger partial charge in [0.2, 0.25) is 0 Å². The topological polar surface area (TPSA) is 32.7 Å². The van der Waals surface area contributed by atoms with Crippen molar-refractivity contribution in [3.63, 3.8) is 0 Å². The van der Waals surface area contributed by atoms with Crippen LogP contribution in [0.1, 0.15) is 20.8 Å². The Hall–Kier alpha value is -0.120. The summed E-state index contributed by atoms with van der Waals surface area (Å²) in [6, 6.07) is 0. The van der Waals surface area contributed by atoms with E-state index in [0.29, 0.717) is 12.2 Å². The van der Waals surface area contributed by atoms with Crippen molar-refractivity contribution in [1.82, 2.24) is 4.90 Å². The molecule has 1 N–H and O–H groups in total. The van der Waals surface area contributed by atoms with Gasteiger partial charge in [-0.1, -0.05) is 0 Å². The van der Waals surface area contributed by atoms with Crippen molar-refractivity contribution in [1.29, 1.82) is 0 Å². The predicted octanol–water partition coefficient (Wildman–Crippen LogP) is 0.476. The van der Waals surface area contributed by atoms with Crippen LogP contribution in [-0.4, -0.2) is 48.0 Å². The van der Waals surface area contributed by atoms with Gasteiger partial charge >= 0.3 is 0 Å². The number of β-amino-alcohol motifs (C(OH)–C–C–N with tert-alkyl or cyclic N) is 1. The third-order valence-corrected chi connectivity index (χ3v) is 2.02. The third kappa shape index (κ3) is 3.09. The molecule has 0 amide bonds. The van der Waals surface area contributed by atoms with Crippen molar-refractivity contribution in [3.05, 3.63) is 0 Å². The maximum atomic E-state index is 9.19. The number of nitrogens with zero attached hydrogens (tertiary/aromatic N) is 1. The highest BCUT2D eigenvalue weighted by atomic mass is 16.5. The minimum absolute atomic E-state index is 0.234. The van der Waals surface area contributed by atoms with Crippen LogP contribution in [0, 0.1) is 0 Å². The van der Waals surface area contributed by atoms with Crippen LogP contribution in [0.25, 0.3) is 0 Å². The molecular formula is C9H19NO2. The van der Waals surface area contributed by atoms with Crippen LogP contribution in [0.5, 0.6) is 0 Å². The molecule has 1 aliphatic rings. The first kappa shape index (κ1) is 9.96. The minimum Gasteiger partial charge on any atom is -0.392 e. The van der Waals surface area contributed by atoms with Crippen molar-refractivity contribution in [3.8, 4) is 0 Å². The molecule has 0 radical (unpaired) electrons. The Morgan fingerprint density at radius 3 is 2.33 bits per heavy atom. The fourth-order valence-corrected chi connectivity index (χ4v) is 1.81. The number of morpholine rings is 1. The van der Waals surface area contributed by atoms with Gasteiger partial charge in [-0.15, -0.1) is 0 Å². The summed E-state index contributed by atoms with van der Waals surface area (Å²) in [4.78, 5) is 2.25. The zero-order chi connectivity index (χ0) is 9.14. The quantitative estimate of drug-likeness (QED) is 0.659. The molecule has 1 saturated heterocycles. The molecule has 0 unspecified atom stereocenters. The van der Waals surface area contributed by atoms with E-state index in [4.69, 9.17) is 4.74 Å².